The van der Waals surface area contributed by atoms with E-state index in [9.17, 15) is 17.6 Å². The molecule has 0 amide bonds. The lowest BCUT2D eigenvalue weighted by atomic mass is 10.1. The number of aromatic nitrogens is 3. The van der Waals surface area contributed by atoms with Gasteiger partial charge in [0.2, 0.25) is 0 Å². The van der Waals surface area contributed by atoms with Crippen LogP contribution in [0.5, 0.6) is 11.5 Å². The molecule has 0 bridgehead atoms. The van der Waals surface area contributed by atoms with E-state index in [4.69, 9.17) is 14.5 Å². The smallest absolute Gasteiger partial charge is 0.387 e. The van der Waals surface area contributed by atoms with Crippen LogP contribution in [-0.4, -0.2) is 47.6 Å². The molecule has 0 N–H and O–H groups in total. The van der Waals surface area contributed by atoms with E-state index in [0.717, 1.165) is 5.69 Å². The van der Waals surface area contributed by atoms with E-state index in [1.807, 2.05) is 10.6 Å². The summed E-state index contributed by atoms with van der Waals surface area (Å²) in [5.74, 6) is 0.488. The second-order valence-electron chi connectivity index (χ2n) is 7.60. The number of pyridine rings is 1. The summed E-state index contributed by atoms with van der Waals surface area (Å²) in [5, 5.41) is 0. The van der Waals surface area contributed by atoms with Crippen molar-refractivity contribution < 1.29 is 31.8 Å². The van der Waals surface area contributed by atoms with Crippen LogP contribution in [0.2, 0.25) is 0 Å². The van der Waals surface area contributed by atoms with Gasteiger partial charge in [0.25, 0.3) is 0 Å². The lowest BCUT2D eigenvalue weighted by Crippen LogP contribution is -2.21. The van der Waals surface area contributed by atoms with Crippen molar-refractivity contribution in [2.45, 2.75) is 39.3 Å². The molecule has 33 heavy (non-hydrogen) atoms. The van der Waals surface area contributed by atoms with Crippen LogP contribution in [0, 0.1) is 6.92 Å². The Labute approximate surface area is 188 Å². The number of benzene rings is 1. The minimum atomic E-state index is -3.00. The molecule has 3 aromatic rings. The number of imidazole rings is 1. The molecule has 1 aromatic carbocycles. The van der Waals surface area contributed by atoms with Crippen molar-refractivity contribution in [3.8, 4) is 34.1 Å². The Kier molecular flexibility index (Phi) is 6.83. The average Bonchev–Trinajstić information content (AvgIpc) is 3.01. The Balaban J connectivity index is 1.88. The van der Waals surface area contributed by atoms with Crippen molar-refractivity contribution in [1.29, 1.82) is 0 Å². The van der Waals surface area contributed by atoms with Gasteiger partial charge in [-0.25, -0.2) is 13.8 Å². The van der Waals surface area contributed by atoms with Crippen molar-refractivity contribution in [3.05, 3.63) is 47.4 Å². The first kappa shape index (κ1) is 23.0. The van der Waals surface area contributed by atoms with Gasteiger partial charge in [-0.1, -0.05) is 0 Å². The molecule has 1 atom stereocenters. The van der Waals surface area contributed by atoms with Crippen LogP contribution >= 0.6 is 0 Å². The highest BCUT2D eigenvalue weighted by Crippen LogP contribution is 2.37. The summed E-state index contributed by atoms with van der Waals surface area (Å²) in [4.78, 5) is 8.99. The van der Waals surface area contributed by atoms with Crippen LogP contribution in [0.4, 0.5) is 17.6 Å². The second-order valence-corrected chi connectivity index (χ2v) is 7.60. The molecule has 0 spiro atoms. The zero-order valence-electron chi connectivity index (χ0n) is 18.2. The molecule has 4 rings (SSSR count). The normalized spacial score (nSPS) is 15.9. The predicted octanol–water partition coefficient (Wildman–Crippen LogP) is 4.91. The third kappa shape index (κ3) is 4.80. The Morgan fingerprint density at radius 2 is 1.94 bits per heavy atom. The summed E-state index contributed by atoms with van der Waals surface area (Å²) < 4.78 is 69.6. The molecule has 0 aliphatic carbocycles. The summed E-state index contributed by atoms with van der Waals surface area (Å²) in [7, 11) is 1.35. The van der Waals surface area contributed by atoms with E-state index in [0.29, 0.717) is 41.4 Å². The SMILES string of the molecule is COc1cc(-c2nc(-c3cc(C)nc(CF)c3)c3n2C[C@@H](CF)OCC3)ccc1OC(F)F. The second kappa shape index (κ2) is 9.78. The predicted molar refractivity (Wildman–Crippen MR) is 113 cm³/mol. The topological polar surface area (TPSA) is 58.4 Å². The number of rotatable bonds is 7. The molecule has 0 saturated carbocycles. The van der Waals surface area contributed by atoms with E-state index in [1.165, 1.54) is 19.2 Å². The molecule has 1 aliphatic heterocycles. The standard InChI is InChI=1S/C23H23F4N3O3/c1-13-7-15(8-16(10-24)28-13)21-18-5-6-32-17(11-25)12-30(18)22(29-21)14-3-4-19(33-23(26)27)20(9-14)31-2/h3-4,7-9,17,23H,5-6,10-12H2,1-2H3/t17-/m1/s1. The van der Waals surface area contributed by atoms with E-state index < -0.39 is 26.1 Å². The van der Waals surface area contributed by atoms with Crippen molar-refractivity contribution in [2.24, 2.45) is 0 Å². The number of methoxy groups -OCH3 is 1. The van der Waals surface area contributed by atoms with Gasteiger partial charge in [-0.05, 0) is 37.3 Å². The Bertz CT molecular complexity index is 1140. The Morgan fingerprint density at radius 3 is 2.64 bits per heavy atom. The van der Waals surface area contributed by atoms with Gasteiger partial charge in [0.05, 0.1) is 31.6 Å². The largest absolute Gasteiger partial charge is 0.493 e. The minimum absolute atomic E-state index is 0.109. The maximum atomic E-state index is 13.5. The van der Waals surface area contributed by atoms with Crippen LogP contribution in [-0.2, 0) is 24.4 Å². The van der Waals surface area contributed by atoms with Crippen LogP contribution in [0.3, 0.4) is 0 Å². The molecule has 2 aromatic heterocycles. The van der Waals surface area contributed by atoms with Crippen molar-refractivity contribution in [1.82, 2.24) is 14.5 Å². The minimum Gasteiger partial charge on any atom is -0.493 e. The maximum Gasteiger partial charge on any atom is 0.387 e. The maximum absolute atomic E-state index is 13.5. The van der Waals surface area contributed by atoms with E-state index in [-0.39, 0.29) is 23.7 Å². The fraction of sp³-hybridized carbons (Fsp3) is 0.391. The van der Waals surface area contributed by atoms with Crippen molar-refractivity contribution >= 4 is 0 Å². The van der Waals surface area contributed by atoms with Gasteiger partial charge in [0, 0.05) is 28.9 Å². The highest BCUT2D eigenvalue weighted by Gasteiger charge is 2.26. The molecule has 176 valence electrons. The quantitative estimate of drug-likeness (QED) is 0.464. The third-order valence-electron chi connectivity index (χ3n) is 5.38. The Morgan fingerprint density at radius 1 is 1.12 bits per heavy atom. The van der Waals surface area contributed by atoms with Gasteiger partial charge in [-0.2, -0.15) is 8.78 Å². The van der Waals surface area contributed by atoms with Crippen LogP contribution in [0.1, 0.15) is 17.1 Å². The van der Waals surface area contributed by atoms with Gasteiger partial charge in [-0.15, -0.1) is 0 Å². The summed E-state index contributed by atoms with van der Waals surface area (Å²) in [6, 6.07) is 7.95. The lowest BCUT2D eigenvalue weighted by Gasteiger charge is -2.15. The first-order valence-corrected chi connectivity index (χ1v) is 10.4. The molecule has 0 radical (unpaired) electrons. The summed E-state index contributed by atoms with van der Waals surface area (Å²) in [5.41, 5.74) is 3.61. The number of hydrogen-bond acceptors (Lipinski definition) is 5. The van der Waals surface area contributed by atoms with Gasteiger partial charge in [-0.3, -0.25) is 4.98 Å². The average molecular weight is 465 g/mol. The number of fused-ring (bicyclic) bond motifs is 1. The molecule has 0 unspecified atom stereocenters. The van der Waals surface area contributed by atoms with Crippen LogP contribution in [0.15, 0.2) is 30.3 Å². The third-order valence-corrected chi connectivity index (χ3v) is 5.38. The van der Waals surface area contributed by atoms with Crippen molar-refractivity contribution in [2.75, 3.05) is 20.4 Å². The molecule has 0 fully saturated rings. The first-order chi connectivity index (χ1) is 15.9. The summed E-state index contributed by atoms with van der Waals surface area (Å²) in [6.45, 7) is -2.10. The number of ether oxygens (including phenoxy) is 3. The number of halogens is 4. The van der Waals surface area contributed by atoms with Crippen LogP contribution < -0.4 is 9.47 Å². The molecule has 6 nitrogen and oxygen atoms in total. The number of aryl methyl sites for hydroxylation is 1. The number of alkyl halides is 4. The highest BCUT2D eigenvalue weighted by molar-refractivity contribution is 5.70. The number of nitrogens with zero attached hydrogens (tertiary/aromatic N) is 3. The molecular weight excluding hydrogens is 442 g/mol. The first-order valence-electron chi connectivity index (χ1n) is 10.4. The molecule has 3 heterocycles. The van der Waals surface area contributed by atoms with E-state index in [1.54, 1.807) is 19.1 Å². The lowest BCUT2D eigenvalue weighted by molar-refractivity contribution is -0.0512. The molecule has 10 heteroatoms. The molecule has 1 aliphatic rings. The number of hydrogen-bond donors (Lipinski definition) is 0. The summed E-state index contributed by atoms with van der Waals surface area (Å²) in [6.07, 6.45) is -0.189. The van der Waals surface area contributed by atoms with Gasteiger partial charge >= 0.3 is 6.61 Å². The monoisotopic (exact) mass is 465 g/mol. The molecule has 0 saturated heterocycles. The zero-order chi connectivity index (χ0) is 23.5. The van der Waals surface area contributed by atoms with Gasteiger partial charge < -0.3 is 18.8 Å². The summed E-state index contributed by atoms with van der Waals surface area (Å²) >= 11 is 0. The van der Waals surface area contributed by atoms with E-state index >= 15 is 0 Å². The zero-order valence-corrected chi connectivity index (χ0v) is 18.2. The van der Waals surface area contributed by atoms with E-state index in [2.05, 4.69) is 9.72 Å². The van der Waals surface area contributed by atoms with Crippen LogP contribution in [0.25, 0.3) is 22.6 Å². The molecular formula is C23H23F4N3O3. The van der Waals surface area contributed by atoms with Gasteiger partial charge in [0.15, 0.2) is 11.5 Å². The fourth-order valence-corrected chi connectivity index (χ4v) is 4.00. The fourth-order valence-electron chi connectivity index (χ4n) is 4.00. The van der Waals surface area contributed by atoms with Gasteiger partial charge in [0.1, 0.15) is 25.3 Å². The highest BCUT2D eigenvalue weighted by atomic mass is 19.3. The van der Waals surface area contributed by atoms with Crippen molar-refractivity contribution in [3.63, 3.8) is 0 Å². The Hall–Kier alpha value is -3.14.